The molecule has 2 aliphatic carbocycles. The molecule has 1 amide bonds. The molecule has 1 N–H and O–H groups in total. The van der Waals surface area contributed by atoms with Crippen molar-refractivity contribution in [3.63, 3.8) is 0 Å². The Kier molecular flexibility index (Phi) is 4.02. The summed E-state index contributed by atoms with van der Waals surface area (Å²) in [4.78, 5) is 14.3. The normalized spacial score (nSPS) is 18.5. The minimum Gasteiger partial charge on any atom is -0.361 e. The first-order chi connectivity index (χ1) is 10.0. The zero-order chi connectivity index (χ0) is 15.0. The van der Waals surface area contributed by atoms with Gasteiger partial charge >= 0.3 is 0 Å². The van der Waals surface area contributed by atoms with E-state index in [0.29, 0.717) is 19.1 Å². The number of aromatic nitrogens is 1. The third-order valence-electron chi connectivity index (χ3n) is 4.61. The van der Waals surface area contributed by atoms with Gasteiger partial charge in [0, 0.05) is 18.2 Å². The summed E-state index contributed by atoms with van der Waals surface area (Å²) in [5.74, 6) is 2.48. The minimum absolute atomic E-state index is 0.146. The highest BCUT2D eigenvalue weighted by molar-refractivity contribution is 5.78. The molecule has 1 aromatic rings. The molecule has 0 saturated heterocycles. The molecule has 5 nitrogen and oxygen atoms in total. The number of hydrogen-bond donors (Lipinski definition) is 1. The van der Waals surface area contributed by atoms with Crippen LogP contribution in [-0.2, 0) is 11.3 Å². The molecule has 1 aromatic heterocycles. The van der Waals surface area contributed by atoms with Gasteiger partial charge in [0.1, 0.15) is 5.76 Å². The zero-order valence-electron chi connectivity index (χ0n) is 13.2. The number of nitrogens with zero attached hydrogens (tertiary/aromatic N) is 2. The van der Waals surface area contributed by atoms with Gasteiger partial charge < -0.3 is 9.84 Å². The molecular formula is C16H25N3O2. The van der Waals surface area contributed by atoms with Crippen molar-refractivity contribution in [1.29, 1.82) is 0 Å². The number of aryl methyl sites for hydroxylation is 2. The number of carbonyl (C=O) groups is 1. The van der Waals surface area contributed by atoms with Gasteiger partial charge in [-0.3, -0.25) is 9.69 Å². The van der Waals surface area contributed by atoms with E-state index in [1.54, 1.807) is 0 Å². The Balaban J connectivity index is 1.49. The first-order valence-corrected chi connectivity index (χ1v) is 7.94. The predicted octanol–water partition coefficient (Wildman–Crippen LogP) is 2.03. The molecule has 0 atom stereocenters. The van der Waals surface area contributed by atoms with Crippen molar-refractivity contribution in [2.45, 2.75) is 52.1 Å². The van der Waals surface area contributed by atoms with Crippen LogP contribution in [-0.4, -0.2) is 35.6 Å². The number of amides is 1. The van der Waals surface area contributed by atoms with Crippen LogP contribution < -0.4 is 5.32 Å². The zero-order valence-corrected chi connectivity index (χ0v) is 13.2. The van der Waals surface area contributed by atoms with Gasteiger partial charge in [-0.05, 0) is 58.4 Å². The lowest BCUT2D eigenvalue weighted by molar-refractivity contribution is -0.123. The topological polar surface area (TPSA) is 58.4 Å². The fourth-order valence-corrected chi connectivity index (χ4v) is 3.06. The molecule has 2 aliphatic rings. The van der Waals surface area contributed by atoms with Gasteiger partial charge in [0.2, 0.25) is 5.91 Å². The van der Waals surface area contributed by atoms with Crippen LogP contribution in [0.15, 0.2) is 4.52 Å². The summed E-state index contributed by atoms with van der Waals surface area (Å²) >= 11 is 0. The molecule has 0 spiro atoms. The molecule has 0 unspecified atom stereocenters. The quantitative estimate of drug-likeness (QED) is 0.835. The van der Waals surface area contributed by atoms with Crippen LogP contribution in [0, 0.1) is 25.7 Å². The van der Waals surface area contributed by atoms with Gasteiger partial charge in [-0.2, -0.15) is 0 Å². The molecule has 0 radical (unpaired) electrons. The van der Waals surface area contributed by atoms with Crippen molar-refractivity contribution in [2.24, 2.45) is 11.8 Å². The largest absolute Gasteiger partial charge is 0.361 e. The van der Waals surface area contributed by atoms with Gasteiger partial charge in [0.05, 0.1) is 12.2 Å². The maximum Gasteiger partial charge on any atom is 0.234 e. The number of nitrogens with one attached hydrogen (secondary N) is 1. The van der Waals surface area contributed by atoms with Crippen molar-refractivity contribution in [3.05, 3.63) is 17.0 Å². The Labute approximate surface area is 126 Å². The van der Waals surface area contributed by atoms with Crippen LogP contribution in [0.25, 0.3) is 0 Å². The van der Waals surface area contributed by atoms with Crippen LogP contribution in [0.5, 0.6) is 0 Å². The maximum absolute atomic E-state index is 12.2. The Bertz CT molecular complexity index is 486. The van der Waals surface area contributed by atoms with Crippen molar-refractivity contribution < 1.29 is 9.32 Å². The molecule has 0 aliphatic heterocycles. The van der Waals surface area contributed by atoms with Crippen LogP contribution in [0.3, 0.4) is 0 Å². The van der Waals surface area contributed by atoms with Gasteiger partial charge in [-0.15, -0.1) is 0 Å². The average Bonchev–Trinajstić information content (AvgIpc) is 3.32. The number of likely N-dealkylation sites (N-methyl/N-ethyl adjacent to an activating group) is 1. The van der Waals surface area contributed by atoms with E-state index < -0.39 is 0 Å². The first kappa shape index (κ1) is 14.6. The predicted molar refractivity (Wildman–Crippen MR) is 79.7 cm³/mol. The molecule has 21 heavy (non-hydrogen) atoms. The highest BCUT2D eigenvalue weighted by Crippen LogP contribution is 2.44. The molecule has 2 fully saturated rings. The van der Waals surface area contributed by atoms with Crippen molar-refractivity contribution in [2.75, 3.05) is 13.6 Å². The van der Waals surface area contributed by atoms with E-state index in [-0.39, 0.29) is 5.91 Å². The maximum atomic E-state index is 12.2. The second kappa shape index (κ2) is 5.79. The van der Waals surface area contributed by atoms with Crippen molar-refractivity contribution >= 4 is 5.91 Å². The van der Waals surface area contributed by atoms with Crippen LogP contribution in [0.1, 0.15) is 42.7 Å². The lowest BCUT2D eigenvalue weighted by Crippen LogP contribution is -2.43. The smallest absolute Gasteiger partial charge is 0.234 e. The molecule has 116 valence electrons. The Morgan fingerprint density at radius 2 is 1.95 bits per heavy atom. The molecule has 1 heterocycles. The van der Waals surface area contributed by atoms with E-state index in [1.807, 2.05) is 25.8 Å². The summed E-state index contributed by atoms with van der Waals surface area (Å²) in [5, 5.41) is 7.22. The fourth-order valence-electron chi connectivity index (χ4n) is 3.06. The van der Waals surface area contributed by atoms with Gasteiger partial charge in [-0.25, -0.2) is 0 Å². The Morgan fingerprint density at radius 1 is 1.33 bits per heavy atom. The second-order valence-electron chi connectivity index (χ2n) is 6.74. The lowest BCUT2D eigenvalue weighted by Gasteiger charge is -2.21. The van der Waals surface area contributed by atoms with Gasteiger partial charge in [0.25, 0.3) is 0 Å². The third kappa shape index (κ3) is 3.64. The molecule has 0 aromatic carbocycles. The summed E-state index contributed by atoms with van der Waals surface area (Å²) in [6.07, 6.45) is 5.15. The van der Waals surface area contributed by atoms with Crippen molar-refractivity contribution in [3.8, 4) is 0 Å². The molecular weight excluding hydrogens is 266 g/mol. The monoisotopic (exact) mass is 291 g/mol. The number of rotatable bonds is 7. The highest BCUT2D eigenvalue weighted by Gasteiger charge is 2.42. The van der Waals surface area contributed by atoms with Gasteiger partial charge in [0.15, 0.2) is 0 Å². The van der Waals surface area contributed by atoms with Gasteiger partial charge in [-0.1, -0.05) is 5.16 Å². The molecule has 5 heteroatoms. The van der Waals surface area contributed by atoms with Crippen LogP contribution in [0.4, 0.5) is 0 Å². The Morgan fingerprint density at radius 3 is 2.43 bits per heavy atom. The van der Waals surface area contributed by atoms with Crippen LogP contribution >= 0.6 is 0 Å². The Hall–Kier alpha value is -1.36. The minimum atomic E-state index is 0.146. The lowest BCUT2D eigenvalue weighted by atomic mass is 10.1. The van der Waals surface area contributed by atoms with E-state index >= 15 is 0 Å². The third-order valence-corrected chi connectivity index (χ3v) is 4.61. The molecule has 0 bridgehead atoms. The summed E-state index contributed by atoms with van der Waals surface area (Å²) in [7, 11) is 1.97. The summed E-state index contributed by atoms with van der Waals surface area (Å²) in [6, 6.07) is 0.435. The summed E-state index contributed by atoms with van der Waals surface area (Å²) in [5.41, 5.74) is 2.00. The summed E-state index contributed by atoms with van der Waals surface area (Å²) < 4.78 is 5.17. The standard InChI is InChI=1S/C16H25N3O2/c1-10-14(11(2)21-18-10)8-19(3)9-15(20)17-16(12-4-5-12)13-6-7-13/h12-13,16H,4-9H2,1-3H3,(H,17,20). The van der Waals surface area contributed by atoms with E-state index in [2.05, 4.69) is 10.5 Å². The fraction of sp³-hybridized carbons (Fsp3) is 0.750. The number of hydrogen-bond acceptors (Lipinski definition) is 4. The van der Waals surface area contributed by atoms with E-state index in [4.69, 9.17) is 4.52 Å². The van der Waals surface area contributed by atoms with Crippen LogP contribution in [0.2, 0.25) is 0 Å². The van der Waals surface area contributed by atoms with Crippen molar-refractivity contribution in [1.82, 2.24) is 15.4 Å². The van der Waals surface area contributed by atoms with E-state index in [0.717, 1.165) is 28.9 Å². The SMILES string of the molecule is Cc1noc(C)c1CN(C)CC(=O)NC(C1CC1)C1CC1. The molecule has 2 saturated carbocycles. The first-order valence-electron chi connectivity index (χ1n) is 7.94. The number of carbonyl (C=O) groups excluding carboxylic acids is 1. The molecule has 3 rings (SSSR count). The average molecular weight is 291 g/mol. The van der Waals surface area contributed by atoms with E-state index in [1.165, 1.54) is 25.7 Å². The second-order valence-corrected chi connectivity index (χ2v) is 6.74. The summed E-state index contributed by atoms with van der Waals surface area (Å²) in [6.45, 7) is 4.99. The van der Waals surface area contributed by atoms with E-state index in [9.17, 15) is 4.79 Å². The highest BCUT2D eigenvalue weighted by atomic mass is 16.5.